The summed E-state index contributed by atoms with van der Waals surface area (Å²) in [6.45, 7) is 5.10. The van der Waals surface area contributed by atoms with Crippen LogP contribution < -0.4 is 5.32 Å². The van der Waals surface area contributed by atoms with Crippen molar-refractivity contribution in [1.82, 2.24) is 4.98 Å². The number of oxime groups is 1. The van der Waals surface area contributed by atoms with Gasteiger partial charge in [0.25, 0.3) is 0 Å². The van der Waals surface area contributed by atoms with Gasteiger partial charge in [0.05, 0.1) is 0 Å². The molecule has 1 aromatic heterocycles. The maximum Gasteiger partial charge on any atom is 0.535 e. The molecular weight excluding hydrogens is 486 g/mol. The third-order valence-electron chi connectivity index (χ3n) is 4.17. The highest BCUT2D eigenvalue weighted by Crippen LogP contribution is 2.19. The fraction of sp³-hybridized carbons (Fsp3) is 0.240. The van der Waals surface area contributed by atoms with E-state index in [4.69, 9.17) is 19.0 Å². The van der Waals surface area contributed by atoms with Crippen molar-refractivity contribution in [2.45, 2.75) is 39.6 Å². The SMILES string of the molecule is CC(C)(C)OC(=O)Nc1nc(C(=NOC(=O)OCc2ccccc2)C(=O)OCc2ccccc2)cs1. The van der Waals surface area contributed by atoms with Crippen molar-refractivity contribution >= 4 is 40.4 Å². The lowest BCUT2D eigenvalue weighted by atomic mass is 10.2. The second-order valence-electron chi connectivity index (χ2n) is 8.28. The van der Waals surface area contributed by atoms with Gasteiger partial charge in [-0.15, -0.1) is 11.3 Å². The molecule has 0 bridgehead atoms. The summed E-state index contributed by atoms with van der Waals surface area (Å²) < 4.78 is 15.5. The standard InChI is InChI=1S/C25H25N3O7S/c1-25(2,3)34-23(30)27-22-26-19(16-36-22)20(21(29)32-14-17-10-6-4-7-11-17)28-35-24(31)33-15-18-12-8-5-9-13-18/h4-13,16H,14-15H2,1-3H3,(H,26,27,30). The molecule has 10 nitrogen and oxygen atoms in total. The highest BCUT2D eigenvalue weighted by molar-refractivity contribution is 7.14. The molecule has 3 aromatic rings. The van der Waals surface area contributed by atoms with Gasteiger partial charge in [-0.05, 0) is 31.9 Å². The average Bonchev–Trinajstić information content (AvgIpc) is 3.29. The van der Waals surface area contributed by atoms with E-state index in [1.165, 1.54) is 5.38 Å². The zero-order valence-electron chi connectivity index (χ0n) is 19.9. The molecule has 0 atom stereocenters. The van der Waals surface area contributed by atoms with E-state index in [2.05, 4.69) is 15.5 Å². The Bertz CT molecular complexity index is 1210. The van der Waals surface area contributed by atoms with Crippen LogP contribution in [0.2, 0.25) is 0 Å². The summed E-state index contributed by atoms with van der Waals surface area (Å²) in [4.78, 5) is 45.8. The van der Waals surface area contributed by atoms with E-state index in [0.29, 0.717) is 0 Å². The number of rotatable bonds is 8. The van der Waals surface area contributed by atoms with Crippen molar-refractivity contribution in [3.05, 3.63) is 82.9 Å². The monoisotopic (exact) mass is 511 g/mol. The lowest BCUT2D eigenvalue weighted by Crippen LogP contribution is -2.27. The number of thiazole rings is 1. The Kier molecular flexibility index (Phi) is 9.12. The Balaban J connectivity index is 1.71. The number of hydrogen-bond donors (Lipinski definition) is 1. The van der Waals surface area contributed by atoms with Crippen LogP contribution in [0.15, 0.2) is 71.2 Å². The van der Waals surface area contributed by atoms with Crippen LogP contribution in [0.3, 0.4) is 0 Å². The lowest BCUT2D eigenvalue weighted by molar-refractivity contribution is -0.136. The van der Waals surface area contributed by atoms with Gasteiger partial charge in [0, 0.05) is 5.38 Å². The third-order valence-corrected chi connectivity index (χ3v) is 4.93. The second-order valence-corrected chi connectivity index (χ2v) is 9.14. The Labute approximate surface area is 211 Å². The first-order valence-corrected chi connectivity index (χ1v) is 11.7. The van der Waals surface area contributed by atoms with E-state index in [0.717, 1.165) is 22.5 Å². The van der Waals surface area contributed by atoms with Crippen LogP contribution in [0, 0.1) is 0 Å². The molecule has 0 fully saturated rings. The number of amides is 1. The van der Waals surface area contributed by atoms with E-state index in [-0.39, 0.29) is 29.8 Å². The fourth-order valence-corrected chi connectivity index (χ4v) is 3.32. The van der Waals surface area contributed by atoms with Gasteiger partial charge in [-0.2, -0.15) is 0 Å². The van der Waals surface area contributed by atoms with E-state index >= 15 is 0 Å². The number of ether oxygens (including phenoxy) is 3. The average molecular weight is 512 g/mol. The molecule has 0 spiro atoms. The van der Waals surface area contributed by atoms with Gasteiger partial charge < -0.3 is 14.2 Å². The molecule has 0 aliphatic carbocycles. The highest BCUT2D eigenvalue weighted by atomic mass is 32.1. The first-order chi connectivity index (χ1) is 17.2. The van der Waals surface area contributed by atoms with Crippen LogP contribution in [0.4, 0.5) is 14.7 Å². The van der Waals surface area contributed by atoms with Crippen LogP contribution in [-0.4, -0.2) is 34.5 Å². The van der Waals surface area contributed by atoms with Crippen LogP contribution in [-0.2, 0) is 37.1 Å². The van der Waals surface area contributed by atoms with Crippen LogP contribution in [0.5, 0.6) is 0 Å². The molecule has 11 heteroatoms. The van der Waals surface area contributed by atoms with Crippen LogP contribution >= 0.6 is 11.3 Å². The van der Waals surface area contributed by atoms with Gasteiger partial charge in [0.15, 0.2) is 5.13 Å². The molecule has 36 heavy (non-hydrogen) atoms. The van der Waals surface area contributed by atoms with E-state index in [1.54, 1.807) is 69.3 Å². The summed E-state index contributed by atoms with van der Waals surface area (Å²) in [5.41, 5.74) is 0.444. The Morgan fingerprint density at radius 2 is 1.50 bits per heavy atom. The number of nitrogens with zero attached hydrogens (tertiary/aromatic N) is 2. The number of aromatic nitrogens is 1. The molecule has 0 saturated carbocycles. The van der Waals surface area contributed by atoms with E-state index in [1.807, 2.05) is 12.1 Å². The molecule has 1 heterocycles. The normalized spacial score (nSPS) is 11.4. The van der Waals surface area contributed by atoms with Crippen LogP contribution in [0.25, 0.3) is 0 Å². The number of esters is 1. The fourth-order valence-electron chi connectivity index (χ4n) is 2.64. The van der Waals surface area contributed by atoms with Crippen molar-refractivity contribution in [1.29, 1.82) is 0 Å². The predicted molar refractivity (Wildman–Crippen MR) is 132 cm³/mol. The van der Waals surface area contributed by atoms with Crippen molar-refractivity contribution in [3.63, 3.8) is 0 Å². The van der Waals surface area contributed by atoms with Gasteiger partial charge in [-0.25, -0.2) is 19.4 Å². The number of anilines is 1. The van der Waals surface area contributed by atoms with Gasteiger partial charge in [-0.3, -0.25) is 10.2 Å². The molecule has 0 unspecified atom stereocenters. The maximum absolute atomic E-state index is 12.8. The smallest absolute Gasteiger partial charge is 0.456 e. The Hall–Kier alpha value is -4.25. The molecule has 0 radical (unpaired) electrons. The van der Waals surface area contributed by atoms with Gasteiger partial charge in [-0.1, -0.05) is 65.8 Å². The second kappa shape index (κ2) is 12.5. The summed E-state index contributed by atoms with van der Waals surface area (Å²) in [5, 5.41) is 7.72. The predicted octanol–water partition coefficient (Wildman–Crippen LogP) is 5.29. The summed E-state index contributed by atoms with van der Waals surface area (Å²) in [6, 6.07) is 18.0. The largest absolute Gasteiger partial charge is 0.535 e. The van der Waals surface area contributed by atoms with Crippen molar-refractivity contribution in [3.8, 4) is 0 Å². The molecular formula is C25H25N3O7S. The molecule has 188 valence electrons. The van der Waals surface area contributed by atoms with Gasteiger partial charge in [0.1, 0.15) is 24.5 Å². The van der Waals surface area contributed by atoms with Gasteiger partial charge in [0.2, 0.25) is 5.71 Å². The molecule has 0 saturated heterocycles. The summed E-state index contributed by atoms with van der Waals surface area (Å²) >= 11 is 1.02. The summed E-state index contributed by atoms with van der Waals surface area (Å²) in [7, 11) is 0. The zero-order chi connectivity index (χ0) is 26.0. The summed E-state index contributed by atoms with van der Waals surface area (Å²) in [5.74, 6) is -0.885. The lowest BCUT2D eigenvalue weighted by Gasteiger charge is -2.18. The molecule has 3 rings (SSSR count). The minimum atomic E-state index is -1.12. The zero-order valence-corrected chi connectivity index (χ0v) is 20.7. The number of carbonyl (C=O) groups is 3. The summed E-state index contributed by atoms with van der Waals surface area (Å²) in [6.07, 6.45) is -1.83. The van der Waals surface area contributed by atoms with Crippen LogP contribution in [0.1, 0.15) is 37.6 Å². The number of benzene rings is 2. The first kappa shape index (κ1) is 26.4. The number of hydrogen-bond acceptors (Lipinski definition) is 10. The number of carbonyl (C=O) groups excluding carboxylic acids is 3. The van der Waals surface area contributed by atoms with Crippen molar-refractivity contribution in [2.24, 2.45) is 5.16 Å². The van der Waals surface area contributed by atoms with Gasteiger partial charge >= 0.3 is 18.2 Å². The molecule has 1 amide bonds. The van der Waals surface area contributed by atoms with Crippen molar-refractivity contribution in [2.75, 3.05) is 5.32 Å². The molecule has 2 aromatic carbocycles. The molecule has 1 N–H and O–H groups in total. The molecule has 0 aliphatic rings. The first-order valence-electron chi connectivity index (χ1n) is 10.8. The highest BCUT2D eigenvalue weighted by Gasteiger charge is 2.23. The number of nitrogens with one attached hydrogen (secondary N) is 1. The quantitative estimate of drug-likeness (QED) is 0.142. The van der Waals surface area contributed by atoms with Crippen molar-refractivity contribution < 1.29 is 33.4 Å². The Morgan fingerprint density at radius 3 is 2.08 bits per heavy atom. The minimum absolute atomic E-state index is 0.0278. The maximum atomic E-state index is 12.8. The minimum Gasteiger partial charge on any atom is -0.456 e. The topological polar surface area (TPSA) is 125 Å². The molecule has 0 aliphatic heterocycles. The van der Waals surface area contributed by atoms with E-state index in [9.17, 15) is 14.4 Å². The van der Waals surface area contributed by atoms with E-state index < -0.39 is 23.8 Å². The third kappa shape index (κ3) is 8.84. The Morgan fingerprint density at radius 1 is 0.917 bits per heavy atom.